The summed E-state index contributed by atoms with van der Waals surface area (Å²) in [4.78, 5) is 24.8. The molecule has 0 bridgehead atoms. The summed E-state index contributed by atoms with van der Waals surface area (Å²) in [6, 6.07) is 0. The molecule has 0 saturated heterocycles. The molecule has 0 aliphatic carbocycles. The number of aliphatic hydroxyl groups excluding tert-OH is 1. The second-order valence-electron chi connectivity index (χ2n) is 9.01. The molecule has 0 heterocycles. The molecule has 8 atom stereocenters. The van der Waals surface area contributed by atoms with Crippen LogP contribution in [0, 0.1) is 17.8 Å². The maximum atomic E-state index is 12.5. The van der Waals surface area contributed by atoms with Crippen LogP contribution in [0.2, 0.25) is 0 Å². The predicted molar refractivity (Wildman–Crippen MR) is 129 cm³/mol. The van der Waals surface area contributed by atoms with Crippen molar-refractivity contribution >= 4 is 12.4 Å². The molecule has 0 aromatic heterocycles. The van der Waals surface area contributed by atoms with E-state index in [4.69, 9.17) is 18.9 Å². The van der Waals surface area contributed by atoms with Crippen LogP contribution in [-0.4, -0.2) is 81.3 Å². The molecule has 0 unspecified atom stereocenters. The molecule has 8 heteroatoms. The number of hydrogen-bond acceptors (Lipinski definition) is 7. The number of carbonyl (C=O) groups excluding carboxylic acids is 2. The highest BCUT2D eigenvalue weighted by Gasteiger charge is 2.33. The second-order valence-corrected chi connectivity index (χ2v) is 9.01. The van der Waals surface area contributed by atoms with Crippen molar-refractivity contribution in [3.8, 4) is 0 Å². The van der Waals surface area contributed by atoms with Crippen LogP contribution in [0.1, 0.15) is 60.3 Å². The van der Waals surface area contributed by atoms with Crippen molar-refractivity contribution in [2.45, 2.75) is 90.8 Å². The number of amides is 1. The first-order valence-corrected chi connectivity index (χ1v) is 11.9. The lowest BCUT2D eigenvalue weighted by Crippen LogP contribution is -2.40. The average molecular weight is 474 g/mol. The maximum absolute atomic E-state index is 12.5. The highest BCUT2D eigenvalue weighted by Crippen LogP contribution is 2.28. The molecule has 194 valence electrons. The number of hydrogen-bond donors (Lipinski definition) is 1. The molecule has 1 N–H and O–H groups in total. The summed E-state index contributed by atoms with van der Waals surface area (Å²) >= 11 is 0. The SMILES string of the molecule is CC[C@@H](O)C[C@H](OC)[C@@H](C)CC[C@@H](OC(=O)[C@@H](C)OC)[C@H](C)[C@H](OC)[C@H](C)/C=C/N(C)C=O. The molecule has 0 rings (SSSR count). The van der Waals surface area contributed by atoms with Crippen molar-refractivity contribution in [2.75, 3.05) is 28.4 Å². The molecule has 0 aromatic rings. The van der Waals surface area contributed by atoms with E-state index in [0.29, 0.717) is 19.3 Å². The van der Waals surface area contributed by atoms with Crippen molar-refractivity contribution in [3.05, 3.63) is 12.3 Å². The minimum atomic E-state index is -0.664. The Kier molecular flexibility index (Phi) is 16.3. The van der Waals surface area contributed by atoms with Gasteiger partial charge in [0.15, 0.2) is 6.10 Å². The van der Waals surface area contributed by atoms with E-state index < -0.39 is 24.3 Å². The molecule has 0 aliphatic heterocycles. The van der Waals surface area contributed by atoms with Crippen LogP contribution in [0.25, 0.3) is 0 Å². The molecule has 0 spiro atoms. The van der Waals surface area contributed by atoms with Crippen LogP contribution in [0.4, 0.5) is 0 Å². The largest absolute Gasteiger partial charge is 0.460 e. The normalized spacial score (nSPS) is 19.2. The van der Waals surface area contributed by atoms with Crippen LogP contribution >= 0.6 is 0 Å². The zero-order chi connectivity index (χ0) is 25.6. The fourth-order valence-corrected chi connectivity index (χ4v) is 3.91. The van der Waals surface area contributed by atoms with Gasteiger partial charge in [-0.1, -0.05) is 33.8 Å². The van der Waals surface area contributed by atoms with E-state index in [1.54, 1.807) is 34.4 Å². The molecule has 0 aromatic carbocycles. The van der Waals surface area contributed by atoms with Crippen LogP contribution in [0.5, 0.6) is 0 Å². The summed E-state index contributed by atoms with van der Waals surface area (Å²) in [6.45, 7) is 9.72. The Morgan fingerprint density at radius 3 is 2.12 bits per heavy atom. The highest BCUT2D eigenvalue weighted by molar-refractivity contribution is 5.74. The van der Waals surface area contributed by atoms with Gasteiger partial charge in [0.1, 0.15) is 6.10 Å². The molecular formula is C25H47NO7. The first-order valence-electron chi connectivity index (χ1n) is 11.9. The van der Waals surface area contributed by atoms with E-state index in [9.17, 15) is 14.7 Å². The number of methoxy groups -OCH3 is 3. The number of nitrogens with zero attached hydrogens (tertiary/aromatic N) is 1. The van der Waals surface area contributed by atoms with Crippen molar-refractivity contribution in [1.82, 2.24) is 4.90 Å². The summed E-state index contributed by atoms with van der Waals surface area (Å²) in [5.41, 5.74) is 0. The van der Waals surface area contributed by atoms with E-state index in [1.807, 2.05) is 26.8 Å². The third-order valence-corrected chi connectivity index (χ3v) is 6.46. The first-order chi connectivity index (χ1) is 15.6. The van der Waals surface area contributed by atoms with Gasteiger partial charge in [0.2, 0.25) is 6.41 Å². The summed E-state index contributed by atoms with van der Waals surface area (Å²) in [5, 5.41) is 10.0. The van der Waals surface area contributed by atoms with Gasteiger partial charge in [-0.3, -0.25) is 4.79 Å². The molecule has 0 aliphatic rings. The van der Waals surface area contributed by atoms with Crippen molar-refractivity contribution in [3.63, 3.8) is 0 Å². The zero-order valence-corrected chi connectivity index (χ0v) is 22.0. The first kappa shape index (κ1) is 31.5. The van der Waals surface area contributed by atoms with E-state index >= 15 is 0 Å². The van der Waals surface area contributed by atoms with Crippen molar-refractivity contribution < 1.29 is 33.6 Å². The van der Waals surface area contributed by atoms with E-state index in [0.717, 1.165) is 12.8 Å². The van der Waals surface area contributed by atoms with Crippen LogP contribution < -0.4 is 0 Å². The fraction of sp³-hybridized carbons (Fsp3) is 0.840. The lowest BCUT2D eigenvalue weighted by atomic mass is 9.84. The second kappa shape index (κ2) is 17.0. The zero-order valence-electron chi connectivity index (χ0n) is 22.0. The summed E-state index contributed by atoms with van der Waals surface area (Å²) in [6.07, 6.45) is 5.21. The molecule has 8 nitrogen and oxygen atoms in total. The standard InChI is InChI=1S/C25H47NO7/c1-10-21(28)15-23(31-8)17(2)11-12-22(33-25(29)20(5)30-7)19(4)24(32-9)18(3)13-14-26(6)16-27/h13-14,16-24,28H,10-12,15H2,1-9H3/b14-13+/t17-,18+,19-,20+,21+,22+,23-,24+/m0/s1. The Morgan fingerprint density at radius 2 is 1.64 bits per heavy atom. The van der Waals surface area contributed by atoms with Gasteiger partial charge in [0, 0.05) is 46.4 Å². The third-order valence-electron chi connectivity index (χ3n) is 6.46. The molecule has 33 heavy (non-hydrogen) atoms. The molecular weight excluding hydrogens is 426 g/mol. The highest BCUT2D eigenvalue weighted by atomic mass is 16.6. The van der Waals surface area contributed by atoms with Crippen LogP contribution in [-0.2, 0) is 28.5 Å². The van der Waals surface area contributed by atoms with Crippen LogP contribution in [0.3, 0.4) is 0 Å². The van der Waals surface area contributed by atoms with Gasteiger partial charge in [-0.25, -0.2) is 4.79 Å². The summed E-state index contributed by atoms with van der Waals surface area (Å²) < 4.78 is 22.4. The predicted octanol–water partition coefficient (Wildman–Crippen LogP) is 3.41. The van der Waals surface area contributed by atoms with Gasteiger partial charge >= 0.3 is 5.97 Å². The van der Waals surface area contributed by atoms with E-state index in [1.165, 1.54) is 12.0 Å². The topological polar surface area (TPSA) is 94.5 Å². The molecule has 0 saturated carbocycles. The lowest BCUT2D eigenvalue weighted by Gasteiger charge is -2.34. The van der Waals surface area contributed by atoms with Gasteiger partial charge in [-0.05, 0) is 38.5 Å². The van der Waals surface area contributed by atoms with Crippen molar-refractivity contribution in [1.29, 1.82) is 0 Å². The number of esters is 1. The Morgan fingerprint density at radius 1 is 1.00 bits per heavy atom. The third kappa shape index (κ3) is 11.5. The van der Waals surface area contributed by atoms with Gasteiger partial charge < -0.3 is 29.0 Å². The molecule has 1 amide bonds. The number of ether oxygens (including phenoxy) is 4. The Labute approximate surface area is 200 Å². The maximum Gasteiger partial charge on any atom is 0.335 e. The Hall–Kier alpha value is -1.48. The minimum absolute atomic E-state index is 0.0164. The number of rotatable bonds is 18. The minimum Gasteiger partial charge on any atom is -0.460 e. The van der Waals surface area contributed by atoms with Gasteiger partial charge in [0.25, 0.3) is 0 Å². The lowest BCUT2D eigenvalue weighted by molar-refractivity contribution is -0.166. The van der Waals surface area contributed by atoms with E-state index in [2.05, 4.69) is 6.92 Å². The van der Waals surface area contributed by atoms with E-state index in [-0.39, 0.29) is 30.0 Å². The molecule has 0 fully saturated rings. The summed E-state index contributed by atoms with van der Waals surface area (Å²) in [7, 11) is 6.45. The quantitative estimate of drug-likeness (QED) is 0.241. The number of carbonyl (C=O) groups is 2. The van der Waals surface area contributed by atoms with Gasteiger partial charge in [0.05, 0.1) is 18.3 Å². The molecule has 0 radical (unpaired) electrons. The monoisotopic (exact) mass is 473 g/mol. The Balaban J connectivity index is 5.50. The summed E-state index contributed by atoms with van der Waals surface area (Å²) in [5.74, 6) is -0.370. The smallest absolute Gasteiger partial charge is 0.335 e. The Bertz CT molecular complexity index is 571. The van der Waals surface area contributed by atoms with Gasteiger partial charge in [-0.15, -0.1) is 0 Å². The van der Waals surface area contributed by atoms with Crippen molar-refractivity contribution in [2.24, 2.45) is 17.8 Å². The average Bonchev–Trinajstić information content (AvgIpc) is 2.82. The number of aliphatic hydroxyl groups is 1. The van der Waals surface area contributed by atoms with Gasteiger partial charge in [-0.2, -0.15) is 0 Å². The fourth-order valence-electron chi connectivity index (χ4n) is 3.91. The van der Waals surface area contributed by atoms with Crippen LogP contribution in [0.15, 0.2) is 12.3 Å².